The Morgan fingerprint density at radius 2 is 1.80 bits per heavy atom. The van der Waals surface area contributed by atoms with Crippen LogP contribution in [-0.2, 0) is 9.59 Å². The van der Waals surface area contributed by atoms with Crippen molar-refractivity contribution in [2.45, 2.75) is 50.2 Å². The van der Waals surface area contributed by atoms with E-state index in [1.54, 1.807) is 30.1 Å². The molecule has 3 unspecified atom stereocenters. The second-order valence-corrected chi connectivity index (χ2v) is 9.87. The van der Waals surface area contributed by atoms with Gasteiger partial charge in [-0.3, -0.25) is 19.3 Å². The molecule has 9 heteroatoms. The molecule has 1 heterocycles. The van der Waals surface area contributed by atoms with Crippen molar-refractivity contribution in [2.75, 3.05) is 26.4 Å². The minimum Gasteiger partial charge on any atom is -0.344 e. The van der Waals surface area contributed by atoms with Gasteiger partial charge in [0.25, 0.3) is 5.91 Å². The molecule has 3 rings (SSSR count). The highest BCUT2D eigenvalue weighted by Crippen LogP contribution is 2.28. The monoisotopic (exact) mass is 471 g/mol. The summed E-state index contributed by atoms with van der Waals surface area (Å²) in [5, 5.41) is 3.64. The molecule has 2 aliphatic rings. The SMILES string of the molecule is CN(CC(=O)NC1CCSC1=O)C1CCCCC1N(C)C(=O)c1ccc(Cl)c(Cl)c1. The highest BCUT2D eigenvalue weighted by molar-refractivity contribution is 8.14. The van der Waals surface area contributed by atoms with E-state index in [-0.39, 0.29) is 41.6 Å². The Bertz CT molecular complexity index is 823. The first-order chi connectivity index (χ1) is 14.3. The number of nitrogens with one attached hydrogen (secondary N) is 1. The number of benzene rings is 1. The van der Waals surface area contributed by atoms with Crippen LogP contribution in [0.1, 0.15) is 42.5 Å². The Balaban J connectivity index is 1.65. The van der Waals surface area contributed by atoms with Crippen LogP contribution in [0.4, 0.5) is 0 Å². The van der Waals surface area contributed by atoms with E-state index in [1.807, 2.05) is 11.9 Å². The molecule has 0 bridgehead atoms. The fourth-order valence-corrected chi connectivity index (χ4v) is 5.48. The smallest absolute Gasteiger partial charge is 0.253 e. The number of nitrogens with zero attached hydrogens (tertiary/aromatic N) is 2. The highest BCUT2D eigenvalue weighted by Gasteiger charge is 2.35. The summed E-state index contributed by atoms with van der Waals surface area (Å²) in [4.78, 5) is 41.1. The first-order valence-electron chi connectivity index (χ1n) is 10.2. The van der Waals surface area contributed by atoms with E-state index in [0.29, 0.717) is 22.0 Å². The van der Waals surface area contributed by atoms with Crippen LogP contribution in [0.15, 0.2) is 18.2 Å². The van der Waals surface area contributed by atoms with E-state index in [0.717, 1.165) is 31.4 Å². The van der Waals surface area contributed by atoms with Crippen molar-refractivity contribution in [1.29, 1.82) is 0 Å². The van der Waals surface area contributed by atoms with Crippen LogP contribution in [0.5, 0.6) is 0 Å². The Labute approximate surface area is 191 Å². The molecule has 1 aliphatic heterocycles. The Kier molecular flexibility index (Phi) is 8.07. The van der Waals surface area contributed by atoms with Gasteiger partial charge in [0.1, 0.15) is 0 Å². The molecule has 1 aliphatic carbocycles. The molecule has 30 heavy (non-hydrogen) atoms. The van der Waals surface area contributed by atoms with Crippen LogP contribution in [0.2, 0.25) is 10.0 Å². The molecule has 1 saturated carbocycles. The van der Waals surface area contributed by atoms with Gasteiger partial charge >= 0.3 is 0 Å². The van der Waals surface area contributed by atoms with Gasteiger partial charge in [0.15, 0.2) is 0 Å². The average Bonchev–Trinajstić information content (AvgIpc) is 3.13. The molecule has 6 nitrogen and oxygen atoms in total. The molecule has 1 aromatic carbocycles. The zero-order chi connectivity index (χ0) is 21.8. The lowest BCUT2D eigenvalue weighted by atomic mass is 9.88. The minimum atomic E-state index is -0.378. The third-order valence-electron chi connectivity index (χ3n) is 5.91. The van der Waals surface area contributed by atoms with Gasteiger partial charge in [0.2, 0.25) is 11.0 Å². The third-order valence-corrected chi connectivity index (χ3v) is 7.66. The molecule has 0 aromatic heterocycles. The molecule has 1 saturated heterocycles. The summed E-state index contributed by atoms with van der Waals surface area (Å²) in [5.41, 5.74) is 0.494. The summed E-state index contributed by atoms with van der Waals surface area (Å²) in [6.07, 6.45) is 4.56. The molecule has 2 fully saturated rings. The number of amides is 2. The van der Waals surface area contributed by atoms with E-state index < -0.39 is 0 Å². The topological polar surface area (TPSA) is 69.7 Å². The number of likely N-dealkylation sites (N-methyl/N-ethyl adjacent to an activating group) is 2. The van der Waals surface area contributed by atoms with Crippen molar-refractivity contribution in [2.24, 2.45) is 0 Å². The molecule has 1 aromatic rings. The lowest BCUT2D eigenvalue weighted by Gasteiger charge is -2.42. The maximum absolute atomic E-state index is 13.1. The van der Waals surface area contributed by atoms with Crippen molar-refractivity contribution in [1.82, 2.24) is 15.1 Å². The molecule has 1 N–H and O–H groups in total. The van der Waals surface area contributed by atoms with Crippen LogP contribution in [0.25, 0.3) is 0 Å². The van der Waals surface area contributed by atoms with Crippen LogP contribution in [-0.4, -0.2) is 71.2 Å². The van der Waals surface area contributed by atoms with Gasteiger partial charge in [0, 0.05) is 30.4 Å². The number of carbonyl (C=O) groups is 3. The van der Waals surface area contributed by atoms with E-state index >= 15 is 0 Å². The zero-order valence-corrected chi connectivity index (χ0v) is 19.5. The van der Waals surface area contributed by atoms with E-state index in [9.17, 15) is 14.4 Å². The normalized spacial score (nSPS) is 24.2. The average molecular weight is 472 g/mol. The van der Waals surface area contributed by atoms with Crippen molar-refractivity contribution in [3.05, 3.63) is 33.8 Å². The third kappa shape index (κ3) is 5.49. The van der Waals surface area contributed by atoms with Crippen molar-refractivity contribution < 1.29 is 14.4 Å². The molecular weight excluding hydrogens is 445 g/mol. The van der Waals surface area contributed by atoms with Gasteiger partial charge in [-0.15, -0.1) is 0 Å². The van der Waals surface area contributed by atoms with Gasteiger partial charge in [-0.1, -0.05) is 47.8 Å². The molecule has 164 valence electrons. The van der Waals surface area contributed by atoms with Gasteiger partial charge in [0.05, 0.1) is 22.6 Å². The molecule has 2 amide bonds. The van der Waals surface area contributed by atoms with Crippen LogP contribution in [0.3, 0.4) is 0 Å². The number of hydrogen-bond acceptors (Lipinski definition) is 5. The minimum absolute atomic E-state index is 0.0119. The van der Waals surface area contributed by atoms with Gasteiger partial charge in [-0.25, -0.2) is 0 Å². The van der Waals surface area contributed by atoms with Crippen LogP contribution in [0, 0.1) is 0 Å². The highest BCUT2D eigenvalue weighted by atomic mass is 35.5. The Morgan fingerprint density at radius 1 is 1.10 bits per heavy atom. The summed E-state index contributed by atoms with van der Waals surface area (Å²) in [6, 6.07) is 4.57. The van der Waals surface area contributed by atoms with Crippen LogP contribution >= 0.6 is 35.0 Å². The van der Waals surface area contributed by atoms with Gasteiger partial charge in [-0.2, -0.15) is 0 Å². The van der Waals surface area contributed by atoms with Crippen molar-refractivity contribution in [3.63, 3.8) is 0 Å². The Morgan fingerprint density at radius 3 is 2.43 bits per heavy atom. The summed E-state index contributed by atoms with van der Waals surface area (Å²) < 4.78 is 0. The largest absolute Gasteiger partial charge is 0.344 e. The second-order valence-electron chi connectivity index (χ2n) is 7.96. The number of hydrogen-bond donors (Lipinski definition) is 1. The number of halogens is 2. The fraction of sp³-hybridized carbons (Fsp3) is 0.571. The summed E-state index contributed by atoms with van der Waals surface area (Å²) in [6.45, 7) is 0.199. The predicted molar refractivity (Wildman–Crippen MR) is 121 cm³/mol. The molecule has 3 atom stereocenters. The maximum atomic E-state index is 13.1. The van der Waals surface area contributed by atoms with Gasteiger partial charge in [-0.05, 0) is 44.5 Å². The van der Waals surface area contributed by atoms with E-state index in [1.165, 1.54) is 11.8 Å². The van der Waals surface area contributed by atoms with Crippen molar-refractivity contribution in [3.8, 4) is 0 Å². The Hall–Kier alpha value is -1.28. The lowest BCUT2D eigenvalue weighted by molar-refractivity contribution is -0.126. The second kappa shape index (κ2) is 10.4. The number of carbonyl (C=O) groups excluding carboxylic acids is 3. The quantitative estimate of drug-likeness (QED) is 0.687. The maximum Gasteiger partial charge on any atom is 0.253 e. The van der Waals surface area contributed by atoms with Gasteiger partial charge < -0.3 is 10.2 Å². The molecule has 0 radical (unpaired) electrons. The van der Waals surface area contributed by atoms with Crippen molar-refractivity contribution >= 4 is 51.9 Å². The lowest BCUT2D eigenvalue weighted by Crippen LogP contribution is -2.55. The summed E-state index contributed by atoms with van der Waals surface area (Å²) in [5.74, 6) is 0.490. The van der Waals surface area contributed by atoms with Crippen LogP contribution < -0.4 is 5.32 Å². The number of rotatable bonds is 6. The number of thioether (sulfide) groups is 1. The zero-order valence-electron chi connectivity index (χ0n) is 17.2. The molecular formula is C21H27Cl2N3O3S. The first kappa shape index (κ1) is 23.4. The fourth-order valence-electron chi connectivity index (χ4n) is 4.25. The summed E-state index contributed by atoms with van der Waals surface area (Å²) >= 11 is 13.3. The standard InChI is InChI=1S/C21H27Cl2N3O3S/c1-25(12-19(27)24-16-9-10-30-21(16)29)17-5-3-4-6-18(17)26(2)20(28)13-7-8-14(22)15(23)11-13/h7-8,11,16-18H,3-6,9-10,12H2,1-2H3,(H,24,27). The van der Waals surface area contributed by atoms with E-state index in [4.69, 9.17) is 23.2 Å². The van der Waals surface area contributed by atoms with E-state index in [2.05, 4.69) is 5.32 Å². The first-order valence-corrected chi connectivity index (χ1v) is 11.9. The summed E-state index contributed by atoms with van der Waals surface area (Å²) in [7, 11) is 3.71. The molecule has 0 spiro atoms. The predicted octanol–water partition coefficient (Wildman–Crippen LogP) is 3.46.